The summed E-state index contributed by atoms with van der Waals surface area (Å²) in [7, 11) is 3.77. The molecule has 2 saturated heterocycles. The van der Waals surface area contributed by atoms with Crippen LogP contribution in [-0.2, 0) is 18.4 Å². The van der Waals surface area contributed by atoms with Gasteiger partial charge in [-0.3, -0.25) is 14.7 Å². The molecule has 9 heteroatoms. The van der Waals surface area contributed by atoms with Crippen LogP contribution in [-0.4, -0.2) is 94.2 Å². The fraction of sp³-hybridized carbons (Fsp3) is 0.778. The summed E-state index contributed by atoms with van der Waals surface area (Å²) >= 11 is 0. The monoisotopic (exact) mass is 376 g/mol. The van der Waals surface area contributed by atoms with Gasteiger partial charge < -0.3 is 19.7 Å². The van der Waals surface area contributed by atoms with E-state index in [4.69, 9.17) is 0 Å². The second-order valence-electron chi connectivity index (χ2n) is 7.33. The standard InChI is InChI=1S/C18H32N8O/c1-15-21-22-16(23(15)3)13-20-18(19-2)26-11-9-24(10-12-26)14-17(27)25-7-5-4-6-8-25/h4-14H2,1-3H3,(H,19,20). The number of rotatable bonds is 4. The zero-order chi connectivity index (χ0) is 19.2. The van der Waals surface area contributed by atoms with Crippen LogP contribution in [0.15, 0.2) is 4.99 Å². The molecule has 1 amide bonds. The van der Waals surface area contributed by atoms with Gasteiger partial charge in [0.25, 0.3) is 0 Å². The average molecular weight is 377 g/mol. The molecule has 0 bridgehead atoms. The molecule has 9 nitrogen and oxygen atoms in total. The van der Waals surface area contributed by atoms with Gasteiger partial charge in [0.05, 0.1) is 13.1 Å². The van der Waals surface area contributed by atoms with Gasteiger partial charge in [0.2, 0.25) is 5.91 Å². The third-order valence-corrected chi connectivity index (χ3v) is 5.54. The first-order chi connectivity index (χ1) is 13.1. The van der Waals surface area contributed by atoms with E-state index in [0.29, 0.717) is 13.1 Å². The second-order valence-corrected chi connectivity index (χ2v) is 7.33. The van der Waals surface area contributed by atoms with Gasteiger partial charge in [0.1, 0.15) is 5.82 Å². The predicted octanol–water partition coefficient (Wildman–Crippen LogP) is -0.171. The Morgan fingerprint density at radius 2 is 1.74 bits per heavy atom. The highest BCUT2D eigenvalue weighted by molar-refractivity contribution is 5.80. The smallest absolute Gasteiger partial charge is 0.236 e. The van der Waals surface area contributed by atoms with Gasteiger partial charge in [0.15, 0.2) is 11.8 Å². The fourth-order valence-electron chi connectivity index (χ4n) is 3.65. The average Bonchev–Trinajstić information content (AvgIpc) is 3.02. The number of nitrogens with zero attached hydrogens (tertiary/aromatic N) is 7. The van der Waals surface area contributed by atoms with Crippen molar-refractivity contribution < 1.29 is 4.79 Å². The zero-order valence-corrected chi connectivity index (χ0v) is 16.8. The summed E-state index contributed by atoms with van der Waals surface area (Å²) in [6, 6.07) is 0. The van der Waals surface area contributed by atoms with Crippen LogP contribution in [0.4, 0.5) is 0 Å². The molecule has 1 aromatic heterocycles. The number of hydrogen-bond donors (Lipinski definition) is 1. The first-order valence-electron chi connectivity index (χ1n) is 9.89. The number of amides is 1. The molecular weight excluding hydrogens is 344 g/mol. The zero-order valence-electron chi connectivity index (χ0n) is 16.8. The normalized spacial score (nSPS) is 19.4. The summed E-state index contributed by atoms with van der Waals surface area (Å²) in [5, 5.41) is 11.6. The summed E-state index contributed by atoms with van der Waals surface area (Å²) in [4.78, 5) is 23.4. The molecule has 0 radical (unpaired) electrons. The van der Waals surface area contributed by atoms with Crippen molar-refractivity contribution in [3.05, 3.63) is 11.6 Å². The lowest BCUT2D eigenvalue weighted by Gasteiger charge is -2.37. The van der Waals surface area contributed by atoms with Crippen molar-refractivity contribution in [3.8, 4) is 0 Å². The topological polar surface area (TPSA) is 81.9 Å². The summed E-state index contributed by atoms with van der Waals surface area (Å²) in [6.45, 7) is 8.42. The number of aliphatic imine (C=N–C) groups is 1. The third-order valence-electron chi connectivity index (χ3n) is 5.54. The van der Waals surface area contributed by atoms with E-state index in [9.17, 15) is 4.79 Å². The minimum atomic E-state index is 0.281. The van der Waals surface area contributed by atoms with E-state index in [0.717, 1.165) is 69.7 Å². The van der Waals surface area contributed by atoms with Crippen molar-refractivity contribution in [2.24, 2.45) is 12.0 Å². The van der Waals surface area contributed by atoms with Crippen LogP contribution in [0.5, 0.6) is 0 Å². The van der Waals surface area contributed by atoms with Gasteiger partial charge in [-0.05, 0) is 26.2 Å². The minimum absolute atomic E-state index is 0.281. The lowest BCUT2D eigenvalue weighted by Crippen LogP contribution is -2.54. The SMILES string of the molecule is CN=C(NCc1nnc(C)n1C)N1CCN(CC(=O)N2CCCCC2)CC1. The molecule has 0 aromatic carbocycles. The van der Waals surface area contributed by atoms with Gasteiger partial charge in [-0.1, -0.05) is 0 Å². The fourth-order valence-corrected chi connectivity index (χ4v) is 3.65. The Morgan fingerprint density at radius 1 is 1.04 bits per heavy atom. The van der Waals surface area contributed by atoms with Crippen LogP contribution in [0.2, 0.25) is 0 Å². The summed E-state index contributed by atoms with van der Waals surface area (Å²) in [5.74, 6) is 2.94. The first-order valence-corrected chi connectivity index (χ1v) is 9.89. The van der Waals surface area contributed by atoms with Gasteiger partial charge >= 0.3 is 0 Å². The van der Waals surface area contributed by atoms with E-state index in [1.807, 2.05) is 23.4 Å². The van der Waals surface area contributed by atoms with E-state index in [1.54, 1.807) is 7.05 Å². The molecule has 2 fully saturated rings. The van der Waals surface area contributed by atoms with Crippen molar-refractivity contribution in [1.82, 2.24) is 34.8 Å². The Balaban J connectivity index is 1.44. The number of piperazine rings is 1. The minimum Gasteiger partial charge on any atom is -0.349 e. The van der Waals surface area contributed by atoms with Crippen LogP contribution in [0.25, 0.3) is 0 Å². The lowest BCUT2D eigenvalue weighted by atomic mass is 10.1. The molecule has 27 heavy (non-hydrogen) atoms. The maximum absolute atomic E-state index is 12.5. The van der Waals surface area contributed by atoms with Gasteiger partial charge in [-0.15, -0.1) is 10.2 Å². The van der Waals surface area contributed by atoms with Crippen LogP contribution in [0.1, 0.15) is 30.9 Å². The number of aromatic nitrogens is 3. The maximum Gasteiger partial charge on any atom is 0.236 e. The number of piperidine rings is 1. The molecule has 0 aliphatic carbocycles. The highest BCUT2D eigenvalue weighted by atomic mass is 16.2. The van der Waals surface area contributed by atoms with E-state index in [1.165, 1.54) is 6.42 Å². The number of hydrogen-bond acceptors (Lipinski definition) is 5. The Kier molecular flexibility index (Phi) is 6.65. The summed E-state index contributed by atoms with van der Waals surface area (Å²) < 4.78 is 1.98. The molecule has 0 unspecified atom stereocenters. The number of carbonyl (C=O) groups is 1. The number of nitrogens with one attached hydrogen (secondary N) is 1. The molecule has 0 saturated carbocycles. The molecule has 1 aromatic rings. The van der Waals surface area contributed by atoms with Crippen LogP contribution in [0, 0.1) is 6.92 Å². The van der Waals surface area contributed by atoms with E-state index in [-0.39, 0.29) is 5.91 Å². The third kappa shape index (κ3) is 4.97. The molecule has 3 rings (SSSR count). The highest BCUT2D eigenvalue weighted by Crippen LogP contribution is 2.10. The number of aryl methyl sites for hydroxylation is 1. The number of guanidine groups is 1. The van der Waals surface area contributed by atoms with Crippen LogP contribution >= 0.6 is 0 Å². The largest absolute Gasteiger partial charge is 0.349 e. The van der Waals surface area contributed by atoms with Crippen LogP contribution in [0.3, 0.4) is 0 Å². The summed E-state index contributed by atoms with van der Waals surface area (Å²) in [5.41, 5.74) is 0. The van der Waals surface area contributed by atoms with Gasteiger partial charge in [-0.25, -0.2) is 0 Å². The van der Waals surface area contributed by atoms with Crippen molar-refractivity contribution in [2.45, 2.75) is 32.7 Å². The molecule has 150 valence electrons. The molecule has 3 heterocycles. The van der Waals surface area contributed by atoms with Gasteiger partial charge in [0, 0.05) is 53.4 Å². The van der Waals surface area contributed by atoms with Crippen molar-refractivity contribution in [2.75, 3.05) is 52.9 Å². The Hall–Kier alpha value is -2.16. The van der Waals surface area contributed by atoms with Gasteiger partial charge in [-0.2, -0.15) is 0 Å². The number of carbonyl (C=O) groups excluding carboxylic acids is 1. The first kappa shape index (κ1) is 19.6. The molecule has 0 atom stereocenters. The number of likely N-dealkylation sites (tertiary alicyclic amines) is 1. The predicted molar refractivity (Wildman–Crippen MR) is 104 cm³/mol. The Bertz CT molecular complexity index is 656. The molecule has 2 aliphatic rings. The van der Waals surface area contributed by atoms with Crippen LogP contribution < -0.4 is 5.32 Å². The van der Waals surface area contributed by atoms with Crippen molar-refractivity contribution in [3.63, 3.8) is 0 Å². The Morgan fingerprint density at radius 3 is 2.33 bits per heavy atom. The molecule has 1 N–H and O–H groups in total. The second kappa shape index (κ2) is 9.16. The summed E-state index contributed by atoms with van der Waals surface area (Å²) in [6.07, 6.45) is 3.54. The lowest BCUT2D eigenvalue weighted by molar-refractivity contribution is -0.133. The molecule has 2 aliphatic heterocycles. The van der Waals surface area contributed by atoms with E-state index >= 15 is 0 Å². The van der Waals surface area contributed by atoms with Crippen molar-refractivity contribution >= 4 is 11.9 Å². The van der Waals surface area contributed by atoms with E-state index in [2.05, 4.69) is 30.3 Å². The molecule has 0 spiro atoms. The van der Waals surface area contributed by atoms with E-state index < -0.39 is 0 Å². The maximum atomic E-state index is 12.5. The quantitative estimate of drug-likeness (QED) is 0.580. The Labute approximate surface area is 161 Å². The molecular formula is C18H32N8O. The highest BCUT2D eigenvalue weighted by Gasteiger charge is 2.24. The van der Waals surface area contributed by atoms with Crippen molar-refractivity contribution in [1.29, 1.82) is 0 Å².